The van der Waals surface area contributed by atoms with Gasteiger partial charge in [0, 0.05) is 17.0 Å². The van der Waals surface area contributed by atoms with Gasteiger partial charge >= 0.3 is 0 Å². The Balaban J connectivity index is 2.13. The van der Waals surface area contributed by atoms with Crippen molar-refractivity contribution in [3.05, 3.63) is 34.3 Å². The summed E-state index contributed by atoms with van der Waals surface area (Å²) in [4.78, 5) is 9.93. The van der Waals surface area contributed by atoms with Gasteiger partial charge in [-0.1, -0.05) is 13.0 Å². The van der Waals surface area contributed by atoms with Crippen molar-refractivity contribution in [3.63, 3.8) is 0 Å². The average Bonchev–Trinajstić information content (AvgIpc) is 2.90. The van der Waals surface area contributed by atoms with Gasteiger partial charge in [0.2, 0.25) is 0 Å². The summed E-state index contributed by atoms with van der Waals surface area (Å²) in [5, 5.41) is 8.74. The van der Waals surface area contributed by atoms with Gasteiger partial charge in [0.25, 0.3) is 0 Å². The van der Waals surface area contributed by atoms with Crippen LogP contribution in [0.25, 0.3) is 0 Å². The molecule has 0 unspecified atom stereocenters. The number of rotatable bonds is 6. The van der Waals surface area contributed by atoms with E-state index in [-0.39, 0.29) is 0 Å². The quantitative estimate of drug-likeness (QED) is 0.839. The predicted molar refractivity (Wildman–Crippen MR) is 77.2 cm³/mol. The Hall–Kier alpha value is -1.62. The molecule has 2 rings (SSSR count). The molecule has 2 N–H and O–H groups in total. The zero-order chi connectivity index (χ0) is 12.8. The fraction of sp³-hybridized carbons (Fsp3) is 0.385. The number of hydrogen-bond acceptors (Lipinski definition) is 5. The van der Waals surface area contributed by atoms with Crippen LogP contribution in [0.5, 0.6) is 0 Å². The first kappa shape index (κ1) is 12.8. The van der Waals surface area contributed by atoms with E-state index in [9.17, 15) is 0 Å². The summed E-state index contributed by atoms with van der Waals surface area (Å²) >= 11 is 1.75. The van der Waals surface area contributed by atoms with Crippen LogP contribution in [0.2, 0.25) is 0 Å². The number of aromatic nitrogens is 2. The van der Waals surface area contributed by atoms with E-state index in [1.807, 2.05) is 0 Å². The van der Waals surface area contributed by atoms with Gasteiger partial charge in [-0.2, -0.15) is 0 Å². The molecule has 0 saturated heterocycles. The summed E-state index contributed by atoms with van der Waals surface area (Å²) < 4.78 is 0. The Morgan fingerprint density at radius 2 is 1.94 bits per heavy atom. The third-order valence-corrected chi connectivity index (χ3v) is 3.53. The monoisotopic (exact) mass is 262 g/mol. The predicted octanol–water partition coefficient (Wildman–Crippen LogP) is 3.14. The van der Waals surface area contributed by atoms with E-state index in [4.69, 9.17) is 0 Å². The zero-order valence-corrected chi connectivity index (χ0v) is 11.5. The van der Waals surface area contributed by atoms with Crippen molar-refractivity contribution >= 4 is 23.0 Å². The Bertz CT molecular complexity index is 482. The van der Waals surface area contributed by atoms with Crippen molar-refractivity contribution in [1.82, 2.24) is 9.97 Å². The van der Waals surface area contributed by atoms with Gasteiger partial charge in [-0.25, -0.2) is 9.97 Å². The molecule has 0 amide bonds. The SMILES string of the molecule is CCNc1ncnc(NCc2cccs2)c1CC. The molecule has 2 aromatic rings. The lowest BCUT2D eigenvalue weighted by molar-refractivity contribution is 1.00. The van der Waals surface area contributed by atoms with Gasteiger partial charge in [-0.3, -0.25) is 0 Å². The normalized spacial score (nSPS) is 10.3. The molecule has 0 aliphatic rings. The largest absolute Gasteiger partial charge is 0.370 e. The van der Waals surface area contributed by atoms with Gasteiger partial charge in [0.05, 0.1) is 6.54 Å². The van der Waals surface area contributed by atoms with Crippen LogP contribution in [0, 0.1) is 0 Å². The molecule has 5 heteroatoms. The second kappa shape index (κ2) is 6.35. The number of anilines is 2. The maximum Gasteiger partial charge on any atom is 0.135 e. The topological polar surface area (TPSA) is 49.8 Å². The lowest BCUT2D eigenvalue weighted by Crippen LogP contribution is -2.09. The highest BCUT2D eigenvalue weighted by atomic mass is 32.1. The van der Waals surface area contributed by atoms with Gasteiger partial charge in [0.15, 0.2) is 0 Å². The molecule has 0 atom stereocenters. The minimum absolute atomic E-state index is 0.813. The van der Waals surface area contributed by atoms with Gasteiger partial charge in [-0.15, -0.1) is 11.3 Å². The summed E-state index contributed by atoms with van der Waals surface area (Å²) in [6.45, 7) is 5.87. The fourth-order valence-electron chi connectivity index (χ4n) is 1.80. The molecular weight excluding hydrogens is 244 g/mol. The molecule has 0 saturated carbocycles. The van der Waals surface area contributed by atoms with Crippen LogP contribution in [0.3, 0.4) is 0 Å². The molecule has 0 spiro atoms. The molecular formula is C13H18N4S. The highest BCUT2D eigenvalue weighted by molar-refractivity contribution is 7.09. The molecule has 0 aliphatic heterocycles. The molecule has 0 bridgehead atoms. The number of nitrogens with one attached hydrogen (secondary N) is 2. The Kier molecular flexibility index (Phi) is 4.52. The first-order valence-electron chi connectivity index (χ1n) is 6.19. The molecule has 0 radical (unpaired) electrons. The maximum absolute atomic E-state index is 4.33. The lowest BCUT2D eigenvalue weighted by atomic mass is 10.2. The fourth-order valence-corrected chi connectivity index (χ4v) is 2.45. The smallest absolute Gasteiger partial charge is 0.135 e. The number of nitrogens with zero attached hydrogens (tertiary/aromatic N) is 2. The maximum atomic E-state index is 4.33. The Labute approximate surface area is 111 Å². The molecule has 4 nitrogen and oxygen atoms in total. The summed E-state index contributed by atoms with van der Waals surface area (Å²) in [6, 6.07) is 4.18. The average molecular weight is 262 g/mol. The van der Waals surface area contributed by atoms with E-state index in [1.54, 1.807) is 17.7 Å². The van der Waals surface area contributed by atoms with Crippen LogP contribution < -0.4 is 10.6 Å². The minimum Gasteiger partial charge on any atom is -0.370 e. The first-order chi connectivity index (χ1) is 8.85. The molecule has 0 aromatic carbocycles. The summed E-state index contributed by atoms with van der Waals surface area (Å²) in [5.74, 6) is 1.86. The first-order valence-corrected chi connectivity index (χ1v) is 7.07. The van der Waals surface area contributed by atoms with E-state index in [1.165, 1.54) is 4.88 Å². The third-order valence-electron chi connectivity index (χ3n) is 2.65. The summed E-state index contributed by atoms with van der Waals surface area (Å²) in [6.07, 6.45) is 2.52. The van der Waals surface area contributed by atoms with Crippen LogP contribution in [0.4, 0.5) is 11.6 Å². The highest BCUT2D eigenvalue weighted by Crippen LogP contribution is 2.21. The van der Waals surface area contributed by atoms with Crippen molar-refractivity contribution < 1.29 is 0 Å². The number of thiophene rings is 1. The van der Waals surface area contributed by atoms with Gasteiger partial charge < -0.3 is 10.6 Å². The molecule has 2 heterocycles. The Morgan fingerprint density at radius 3 is 2.56 bits per heavy atom. The zero-order valence-electron chi connectivity index (χ0n) is 10.7. The van der Waals surface area contributed by atoms with E-state index in [2.05, 4.69) is 52.0 Å². The second-order valence-corrected chi connectivity index (χ2v) is 4.90. The van der Waals surface area contributed by atoms with Crippen molar-refractivity contribution in [2.75, 3.05) is 17.2 Å². The highest BCUT2D eigenvalue weighted by Gasteiger charge is 2.08. The molecule has 18 heavy (non-hydrogen) atoms. The van der Waals surface area contributed by atoms with E-state index < -0.39 is 0 Å². The van der Waals surface area contributed by atoms with Crippen molar-refractivity contribution in [2.45, 2.75) is 26.8 Å². The standard InChI is InChI=1S/C13H18N4S/c1-3-11-12(14-4-2)16-9-17-13(11)15-8-10-6-5-7-18-10/h5-7,9H,3-4,8H2,1-2H3,(H2,14,15,16,17). The van der Waals surface area contributed by atoms with Crippen LogP contribution in [0.15, 0.2) is 23.8 Å². The molecule has 96 valence electrons. The summed E-state index contributed by atoms with van der Waals surface area (Å²) in [5.41, 5.74) is 1.15. The minimum atomic E-state index is 0.813. The Morgan fingerprint density at radius 1 is 1.17 bits per heavy atom. The van der Waals surface area contributed by atoms with Crippen molar-refractivity contribution in [3.8, 4) is 0 Å². The number of hydrogen-bond donors (Lipinski definition) is 2. The van der Waals surface area contributed by atoms with Crippen LogP contribution in [-0.4, -0.2) is 16.5 Å². The van der Waals surface area contributed by atoms with E-state index >= 15 is 0 Å². The van der Waals surface area contributed by atoms with Crippen LogP contribution in [-0.2, 0) is 13.0 Å². The van der Waals surface area contributed by atoms with E-state index in [0.29, 0.717) is 0 Å². The molecule has 0 fully saturated rings. The van der Waals surface area contributed by atoms with Crippen molar-refractivity contribution in [2.24, 2.45) is 0 Å². The van der Waals surface area contributed by atoms with E-state index in [0.717, 1.165) is 36.7 Å². The molecule has 0 aliphatic carbocycles. The van der Waals surface area contributed by atoms with Crippen LogP contribution in [0.1, 0.15) is 24.3 Å². The van der Waals surface area contributed by atoms with Crippen LogP contribution >= 0.6 is 11.3 Å². The van der Waals surface area contributed by atoms with Gasteiger partial charge in [0.1, 0.15) is 18.0 Å². The summed E-state index contributed by atoms with van der Waals surface area (Å²) in [7, 11) is 0. The second-order valence-electron chi connectivity index (χ2n) is 3.87. The van der Waals surface area contributed by atoms with Gasteiger partial charge in [-0.05, 0) is 24.8 Å². The van der Waals surface area contributed by atoms with Crippen molar-refractivity contribution in [1.29, 1.82) is 0 Å². The molecule has 2 aromatic heterocycles. The lowest BCUT2D eigenvalue weighted by Gasteiger charge is -2.13. The third kappa shape index (κ3) is 2.98.